The number of piperazine rings is 1. The number of methoxy groups -OCH3 is 1. The van der Waals surface area contributed by atoms with E-state index in [2.05, 4.69) is 20.5 Å². The van der Waals surface area contributed by atoms with Crippen molar-refractivity contribution in [3.05, 3.63) is 36.2 Å². The molecule has 1 saturated heterocycles. The van der Waals surface area contributed by atoms with Crippen molar-refractivity contribution in [3.63, 3.8) is 0 Å². The number of nitrogens with zero attached hydrogens (tertiary/aromatic N) is 4. The van der Waals surface area contributed by atoms with Crippen LogP contribution in [-0.4, -0.2) is 82.5 Å². The van der Waals surface area contributed by atoms with E-state index in [9.17, 15) is 9.59 Å². The topological polar surface area (TPSA) is 103 Å². The molecular weight excluding hydrogens is 368 g/mol. The Morgan fingerprint density at radius 3 is 2.52 bits per heavy atom. The molecule has 3 amide bonds. The quantitative estimate of drug-likeness (QED) is 0.565. The zero-order chi connectivity index (χ0) is 19.1. The lowest BCUT2D eigenvalue weighted by molar-refractivity contribution is 0.0665. The zero-order valence-electron chi connectivity index (χ0n) is 15.1. The fourth-order valence-electron chi connectivity index (χ4n) is 2.71. The van der Waals surface area contributed by atoms with E-state index < -0.39 is 0 Å². The third kappa shape index (κ3) is 5.13. The molecule has 27 heavy (non-hydrogen) atoms. The minimum Gasteiger partial charge on any atom is -0.497 e. The predicted octanol–water partition coefficient (Wildman–Crippen LogP) is 1.07. The third-order valence-electron chi connectivity index (χ3n) is 4.20. The molecule has 0 aliphatic carbocycles. The van der Waals surface area contributed by atoms with Crippen molar-refractivity contribution in [1.82, 2.24) is 30.3 Å². The minimum atomic E-state index is -0.107. The van der Waals surface area contributed by atoms with Gasteiger partial charge in [0, 0.05) is 44.0 Å². The number of rotatable bonds is 6. The first-order valence-corrected chi connectivity index (χ1v) is 9.60. The highest BCUT2D eigenvalue weighted by Gasteiger charge is 2.24. The molecule has 0 spiro atoms. The van der Waals surface area contributed by atoms with Gasteiger partial charge in [-0.25, -0.2) is 9.78 Å². The number of thioether (sulfide) groups is 1. The first-order chi connectivity index (χ1) is 13.2. The lowest BCUT2D eigenvalue weighted by Crippen LogP contribution is -2.53. The number of aromatic nitrogens is 3. The van der Waals surface area contributed by atoms with E-state index in [1.807, 2.05) is 0 Å². The van der Waals surface area contributed by atoms with Crippen LogP contribution in [0.2, 0.25) is 0 Å². The van der Waals surface area contributed by atoms with Gasteiger partial charge in [0.1, 0.15) is 12.1 Å². The van der Waals surface area contributed by atoms with Crippen molar-refractivity contribution in [3.8, 4) is 5.75 Å². The summed E-state index contributed by atoms with van der Waals surface area (Å²) in [4.78, 5) is 32.3. The Bertz CT molecular complexity index is 745. The van der Waals surface area contributed by atoms with Crippen LogP contribution in [0.3, 0.4) is 0 Å². The van der Waals surface area contributed by atoms with Crippen LogP contribution >= 0.6 is 11.8 Å². The molecule has 144 valence electrons. The lowest BCUT2D eigenvalue weighted by Gasteiger charge is -2.34. The van der Waals surface area contributed by atoms with E-state index in [-0.39, 0.29) is 11.9 Å². The van der Waals surface area contributed by atoms with Gasteiger partial charge in [0.2, 0.25) is 0 Å². The van der Waals surface area contributed by atoms with Gasteiger partial charge >= 0.3 is 6.03 Å². The Hall–Kier alpha value is -2.75. The van der Waals surface area contributed by atoms with Crippen LogP contribution in [0.25, 0.3) is 0 Å². The number of ether oxygens (including phenoxy) is 1. The normalized spacial score (nSPS) is 14.1. The fraction of sp³-hybridized carbons (Fsp3) is 0.412. The van der Waals surface area contributed by atoms with Crippen molar-refractivity contribution in [2.45, 2.75) is 5.16 Å². The van der Waals surface area contributed by atoms with E-state index in [4.69, 9.17) is 4.74 Å². The van der Waals surface area contributed by atoms with Gasteiger partial charge in [-0.1, -0.05) is 11.8 Å². The Labute approximate surface area is 161 Å². The van der Waals surface area contributed by atoms with E-state index in [0.29, 0.717) is 44.0 Å². The van der Waals surface area contributed by atoms with E-state index in [1.165, 1.54) is 18.1 Å². The number of benzene rings is 1. The maximum absolute atomic E-state index is 12.5. The summed E-state index contributed by atoms with van der Waals surface area (Å²) >= 11 is 1.50. The standard InChI is InChI=1S/C17H22N6O3S/c1-26-14-4-2-13(3-5-14)15(24)22-7-9-23(10-8-22)17(25)18-6-11-27-16-19-12-20-21-16/h2-5,12H,6-11H2,1H3,(H,18,25)(H,19,20,21). The molecule has 2 N–H and O–H groups in total. The van der Waals surface area contributed by atoms with Gasteiger partial charge in [-0.2, -0.15) is 5.10 Å². The summed E-state index contributed by atoms with van der Waals surface area (Å²) in [6, 6.07) is 6.95. The summed E-state index contributed by atoms with van der Waals surface area (Å²) in [5.41, 5.74) is 0.623. The monoisotopic (exact) mass is 390 g/mol. The van der Waals surface area contributed by atoms with Crippen molar-refractivity contribution in [2.24, 2.45) is 0 Å². The Kier molecular flexibility index (Phi) is 6.53. The number of carbonyl (C=O) groups is 2. The van der Waals surface area contributed by atoms with Crippen LogP contribution in [0.15, 0.2) is 35.7 Å². The summed E-state index contributed by atoms with van der Waals surface area (Å²) in [7, 11) is 1.59. The maximum atomic E-state index is 12.5. The summed E-state index contributed by atoms with van der Waals surface area (Å²) < 4.78 is 5.11. The van der Waals surface area contributed by atoms with Gasteiger partial charge in [0.25, 0.3) is 5.91 Å². The average molecular weight is 390 g/mol. The highest BCUT2D eigenvalue weighted by atomic mass is 32.2. The van der Waals surface area contributed by atoms with Crippen LogP contribution in [0, 0.1) is 0 Å². The van der Waals surface area contributed by atoms with E-state index >= 15 is 0 Å². The van der Waals surface area contributed by atoms with Gasteiger partial charge in [-0.05, 0) is 24.3 Å². The van der Waals surface area contributed by atoms with Crippen molar-refractivity contribution < 1.29 is 14.3 Å². The van der Waals surface area contributed by atoms with Gasteiger partial charge in [-0.3, -0.25) is 9.89 Å². The summed E-state index contributed by atoms with van der Waals surface area (Å²) in [5.74, 6) is 1.40. The van der Waals surface area contributed by atoms with Crippen molar-refractivity contribution >= 4 is 23.7 Å². The number of nitrogens with one attached hydrogen (secondary N) is 2. The number of hydrogen-bond donors (Lipinski definition) is 2. The predicted molar refractivity (Wildman–Crippen MR) is 101 cm³/mol. The molecule has 0 atom stereocenters. The first kappa shape index (κ1) is 19.0. The highest BCUT2D eigenvalue weighted by molar-refractivity contribution is 7.99. The molecular formula is C17H22N6O3S. The number of hydrogen-bond acceptors (Lipinski definition) is 6. The average Bonchev–Trinajstić information content (AvgIpc) is 3.24. The highest BCUT2D eigenvalue weighted by Crippen LogP contribution is 2.14. The van der Waals surface area contributed by atoms with Crippen LogP contribution in [-0.2, 0) is 0 Å². The van der Waals surface area contributed by atoms with Crippen LogP contribution in [0.4, 0.5) is 4.79 Å². The number of urea groups is 1. The molecule has 9 nitrogen and oxygen atoms in total. The number of carbonyl (C=O) groups excluding carboxylic acids is 2. The molecule has 0 saturated carbocycles. The zero-order valence-corrected chi connectivity index (χ0v) is 15.9. The number of H-pyrrole nitrogens is 1. The second kappa shape index (κ2) is 9.26. The second-order valence-electron chi connectivity index (χ2n) is 5.88. The molecule has 1 fully saturated rings. The van der Waals surface area contributed by atoms with Gasteiger partial charge < -0.3 is 19.9 Å². The van der Waals surface area contributed by atoms with Crippen molar-refractivity contribution in [2.75, 3.05) is 45.6 Å². The second-order valence-corrected chi connectivity index (χ2v) is 6.96. The molecule has 3 rings (SSSR count). The molecule has 1 aromatic heterocycles. The van der Waals surface area contributed by atoms with Gasteiger partial charge in [-0.15, -0.1) is 0 Å². The van der Waals surface area contributed by atoms with Crippen LogP contribution < -0.4 is 10.1 Å². The van der Waals surface area contributed by atoms with E-state index in [1.54, 1.807) is 41.2 Å². The molecule has 0 bridgehead atoms. The largest absolute Gasteiger partial charge is 0.497 e. The summed E-state index contributed by atoms with van der Waals surface area (Å²) in [5, 5.41) is 10.1. The smallest absolute Gasteiger partial charge is 0.317 e. The van der Waals surface area contributed by atoms with E-state index in [0.717, 1.165) is 10.9 Å². The van der Waals surface area contributed by atoms with Crippen LogP contribution in [0.1, 0.15) is 10.4 Å². The summed E-state index contributed by atoms with van der Waals surface area (Å²) in [6.45, 7) is 2.61. The van der Waals surface area contributed by atoms with Gasteiger partial charge in [0.05, 0.1) is 7.11 Å². The Morgan fingerprint density at radius 2 is 1.89 bits per heavy atom. The molecule has 0 radical (unpaired) electrons. The molecule has 0 unspecified atom stereocenters. The third-order valence-corrected chi connectivity index (χ3v) is 5.08. The fourth-order valence-corrected chi connectivity index (χ4v) is 3.35. The van der Waals surface area contributed by atoms with Crippen LogP contribution in [0.5, 0.6) is 5.75 Å². The molecule has 2 aromatic rings. The molecule has 10 heteroatoms. The van der Waals surface area contributed by atoms with Crippen molar-refractivity contribution in [1.29, 1.82) is 0 Å². The number of aromatic amines is 1. The number of amides is 3. The molecule has 2 heterocycles. The Morgan fingerprint density at radius 1 is 1.19 bits per heavy atom. The molecule has 1 aliphatic rings. The maximum Gasteiger partial charge on any atom is 0.317 e. The Balaban J connectivity index is 1.39. The first-order valence-electron chi connectivity index (χ1n) is 8.61. The molecule has 1 aliphatic heterocycles. The summed E-state index contributed by atoms with van der Waals surface area (Å²) in [6.07, 6.45) is 1.45. The van der Waals surface area contributed by atoms with Gasteiger partial charge in [0.15, 0.2) is 5.16 Å². The SMILES string of the molecule is COc1ccc(C(=O)N2CCN(C(=O)NCCSc3ncn[nH]3)CC2)cc1. The minimum absolute atomic E-state index is 0.0267. The lowest BCUT2D eigenvalue weighted by atomic mass is 10.1. The molecule has 1 aromatic carbocycles.